The molecule has 2 nitrogen and oxygen atoms in total. The number of benzene rings is 2. The zero-order valence-electron chi connectivity index (χ0n) is 11.9. The van der Waals surface area contributed by atoms with Crippen LogP contribution in [0.2, 0.25) is 0 Å². The van der Waals surface area contributed by atoms with Crippen molar-refractivity contribution in [2.75, 3.05) is 6.54 Å². The largest absolute Gasteiger partial charge is 0.508 e. The van der Waals surface area contributed by atoms with E-state index in [1.165, 1.54) is 28.4 Å². The summed E-state index contributed by atoms with van der Waals surface area (Å²) in [5, 5.41) is 12.9. The van der Waals surface area contributed by atoms with Crippen LogP contribution in [0.4, 0.5) is 0 Å². The third-order valence-corrected chi connectivity index (χ3v) is 4.73. The number of aromatic hydroxyl groups is 1. The smallest absolute Gasteiger partial charge is 0.115 e. The molecule has 0 aromatic heterocycles. The van der Waals surface area contributed by atoms with Gasteiger partial charge in [-0.05, 0) is 67.1 Å². The maximum atomic E-state index is 9.26. The number of halogens is 1. The molecule has 2 aromatic rings. The Bertz CT molecular complexity index is 590. The van der Waals surface area contributed by atoms with Crippen molar-refractivity contribution in [3.63, 3.8) is 0 Å². The molecule has 0 bridgehead atoms. The molecule has 2 N–H and O–H groups in total. The molecular formula is C18H20BrNO. The van der Waals surface area contributed by atoms with Crippen LogP contribution < -0.4 is 5.32 Å². The fourth-order valence-electron chi connectivity index (χ4n) is 2.90. The second-order valence-corrected chi connectivity index (χ2v) is 6.71. The summed E-state index contributed by atoms with van der Waals surface area (Å²) in [6, 6.07) is 16.8. The normalized spacial score (nSPS) is 21.0. The monoisotopic (exact) mass is 345 g/mol. The highest BCUT2D eigenvalue weighted by molar-refractivity contribution is 9.10. The standard InChI is InChI=1S/C18H20BrNO/c19-16-3-1-2-14(10-16)15-11-17(12-15)20-9-8-13-4-6-18(21)7-5-13/h1-7,10,15,17,20-21H,8-9,11-12H2. The Morgan fingerprint density at radius 2 is 1.86 bits per heavy atom. The molecule has 0 amide bonds. The molecule has 0 spiro atoms. The molecule has 1 saturated carbocycles. The molecule has 2 aromatic carbocycles. The number of hydrogen-bond donors (Lipinski definition) is 2. The van der Waals surface area contributed by atoms with Crippen molar-refractivity contribution >= 4 is 15.9 Å². The summed E-state index contributed by atoms with van der Waals surface area (Å²) >= 11 is 3.54. The van der Waals surface area contributed by atoms with E-state index in [0.717, 1.165) is 13.0 Å². The number of nitrogens with one attached hydrogen (secondary N) is 1. The first kappa shape index (κ1) is 14.6. The van der Waals surface area contributed by atoms with E-state index in [-0.39, 0.29) is 0 Å². The van der Waals surface area contributed by atoms with Gasteiger partial charge in [0.2, 0.25) is 0 Å². The molecule has 0 atom stereocenters. The minimum Gasteiger partial charge on any atom is -0.508 e. The van der Waals surface area contributed by atoms with Crippen molar-refractivity contribution in [1.29, 1.82) is 0 Å². The minimum absolute atomic E-state index is 0.336. The summed E-state index contributed by atoms with van der Waals surface area (Å²) in [6.45, 7) is 1.00. The van der Waals surface area contributed by atoms with Crippen LogP contribution in [0.15, 0.2) is 53.0 Å². The van der Waals surface area contributed by atoms with Crippen molar-refractivity contribution in [2.24, 2.45) is 0 Å². The Hall–Kier alpha value is -1.32. The molecule has 21 heavy (non-hydrogen) atoms. The van der Waals surface area contributed by atoms with Crippen LogP contribution in [0.1, 0.15) is 29.9 Å². The zero-order chi connectivity index (χ0) is 14.7. The van der Waals surface area contributed by atoms with Crippen LogP contribution in [0, 0.1) is 0 Å². The molecule has 0 unspecified atom stereocenters. The van der Waals surface area contributed by atoms with E-state index in [2.05, 4.69) is 45.5 Å². The quantitative estimate of drug-likeness (QED) is 0.849. The van der Waals surface area contributed by atoms with Crippen LogP contribution in [-0.2, 0) is 6.42 Å². The average Bonchev–Trinajstić information content (AvgIpc) is 2.43. The van der Waals surface area contributed by atoms with E-state index < -0.39 is 0 Å². The fourth-order valence-corrected chi connectivity index (χ4v) is 3.32. The predicted molar refractivity (Wildman–Crippen MR) is 89.7 cm³/mol. The Morgan fingerprint density at radius 1 is 1.10 bits per heavy atom. The molecule has 0 radical (unpaired) electrons. The van der Waals surface area contributed by atoms with Gasteiger partial charge in [0.15, 0.2) is 0 Å². The highest BCUT2D eigenvalue weighted by Crippen LogP contribution is 2.37. The molecule has 110 valence electrons. The van der Waals surface area contributed by atoms with Crippen LogP contribution in [-0.4, -0.2) is 17.7 Å². The third-order valence-electron chi connectivity index (χ3n) is 4.24. The van der Waals surface area contributed by atoms with Crippen LogP contribution in [0.5, 0.6) is 5.75 Å². The van der Waals surface area contributed by atoms with Crippen molar-refractivity contribution in [1.82, 2.24) is 5.32 Å². The van der Waals surface area contributed by atoms with E-state index in [4.69, 9.17) is 0 Å². The first-order valence-electron chi connectivity index (χ1n) is 7.47. The molecule has 0 aliphatic heterocycles. The molecule has 1 fully saturated rings. The minimum atomic E-state index is 0.336. The van der Waals surface area contributed by atoms with Gasteiger partial charge in [-0.1, -0.05) is 40.2 Å². The number of hydrogen-bond acceptors (Lipinski definition) is 2. The van der Waals surface area contributed by atoms with Crippen molar-refractivity contribution in [2.45, 2.75) is 31.2 Å². The van der Waals surface area contributed by atoms with E-state index in [1.54, 1.807) is 12.1 Å². The Kier molecular flexibility index (Phi) is 4.61. The van der Waals surface area contributed by atoms with Gasteiger partial charge in [-0.3, -0.25) is 0 Å². The Labute approximate surface area is 134 Å². The summed E-state index contributed by atoms with van der Waals surface area (Å²) in [6.07, 6.45) is 3.47. The van der Waals surface area contributed by atoms with Gasteiger partial charge in [0.25, 0.3) is 0 Å². The molecular weight excluding hydrogens is 326 g/mol. The highest BCUT2D eigenvalue weighted by Gasteiger charge is 2.29. The molecule has 0 heterocycles. The topological polar surface area (TPSA) is 32.3 Å². The SMILES string of the molecule is Oc1ccc(CCNC2CC(c3cccc(Br)c3)C2)cc1. The lowest BCUT2D eigenvalue weighted by Gasteiger charge is -2.36. The van der Waals surface area contributed by atoms with Crippen LogP contribution >= 0.6 is 15.9 Å². The van der Waals surface area contributed by atoms with E-state index in [9.17, 15) is 5.11 Å². The predicted octanol–water partition coefficient (Wildman–Crippen LogP) is 4.23. The van der Waals surface area contributed by atoms with Gasteiger partial charge >= 0.3 is 0 Å². The Balaban J connectivity index is 1.40. The second kappa shape index (κ2) is 6.63. The molecule has 0 saturated heterocycles. The van der Waals surface area contributed by atoms with Crippen molar-refractivity contribution in [3.8, 4) is 5.75 Å². The van der Waals surface area contributed by atoms with Crippen molar-refractivity contribution in [3.05, 3.63) is 64.1 Å². The molecule has 1 aliphatic carbocycles. The summed E-state index contributed by atoms with van der Waals surface area (Å²) < 4.78 is 1.17. The van der Waals surface area contributed by atoms with Gasteiger partial charge in [0.1, 0.15) is 5.75 Å². The van der Waals surface area contributed by atoms with Crippen LogP contribution in [0.25, 0.3) is 0 Å². The zero-order valence-corrected chi connectivity index (χ0v) is 13.5. The summed E-state index contributed by atoms with van der Waals surface area (Å²) in [7, 11) is 0. The summed E-state index contributed by atoms with van der Waals surface area (Å²) in [5.74, 6) is 1.04. The van der Waals surface area contributed by atoms with E-state index in [1.807, 2.05) is 12.1 Å². The van der Waals surface area contributed by atoms with E-state index >= 15 is 0 Å². The second-order valence-electron chi connectivity index (χ2n) is 5.79. The van der Waals surface area contributed by atoms with Gasteiger partial charge in [-0.2, -0.15) is 0 Å². The third kappa shape index (κ3) is 3.86. The number of phenols is 1. The number of rotatable bonds is 5. The number of phenolic OH excluding ortho intramolecular Hbond substituents is 1. The van der Waals surface area contributed by atoms with Gasteiger partial charge in [-0.15, -0.1) is 0 Å². The van der Waals surface area contributed by atoms with E-state index in [0.29, 0.717) is 17.7 Å². The lowest BCUT2D eigenvalue weighted by molar-refractivity contribution is 0.292. The molecule has 3 heteroatoms. The summed E-state index contributed by atoms with van der Waals surface area (Å²) in [5.41, 5.74) is 2.71. The first-order valence-corrected chi connectivity index (χ1v) is 8.27. The van der Waals surface area contributed by atoms with Crippen molar-refractivity contribution < 1.29 is 5.11 Å². The fraction of sp³-hybridized carbons (Fsp3) is 0.333. The van der Waals surface area contributed by atoms with Gasteiger partial charge in [0, 0.05) is 10.5 Å². The van der Waals surface area contributed by atoms with Gasteiger partial charge in [-0.25, -0.2) is 0 Å². The summed E-state index contributed by atoms with van der Waals surface area (Å²) in [4.78, 5) is 0. The maximum Gasteiger partial charge on any atom is 0.115 e. The van der Waals surface area contributed by atoms with Crippen LogP contribution in [0.3, 0.4) is 0 Å². The maximum absolute atomic E-state index is 9.26. The van der Waals surface area contributed by atoms with Gasteiger partial charge < -0.3 is 10.4 Å². The Morgan fingerprint density at radius 3 is 2.57 bits per heavy atom. The average molecular weight is 346 g/mol. The van der Waals surface area contributed by atoms with Gasteiger partial charge in [0.05, 0.1) is 0 Å². The molecule has 1 aliphatic rings. The highest BCUT2D eigenvalue weighted by atomic mass is 79.9. The molecule has 3 rings (SSSR count). The lowest BCUT2D eigenvalue weighted by atomic mass is 9.76. The lowest BCUT2D eigenvalue weighted by Crippen LogP contribution is -2.40. The first-order chi connectivity index (χ1) is 10.2.